The van der Waals surface area contributed by atoms with Gasteiger partial charge in [-0.15, -0.1) is 0 Å². The average Bonchev–Trinajstić information content (AvgIpc) is 3.12. The summed E-state index contributed by atoms with van der Waals surface area (Å²) in [5, 5.41) is -0.224. The molecule has 0 saturated heterocycles. The van der Waals surface area contributed by atoms with Crippen LogP contribution in [-0.2, 0) is 10.0 Å². The normalized spacial score (nSPS) is 24.8. The van der Waals surface area contributed by atoms with E-state index in [2.05, 4.69) is 4.72 Å². The maximum atomic E-state index is 12.2. The van der Waals surface area contributed by atoms with Crippen LogP contribution in [0.3, 0.4) is 0 Å². The zero-order chi connectivity index (χ0) is 14.5. The Morgan fingerprint density at radius 3 is 2.70 bits per heavy atom. The van der Waals surface area contributed by atoms with Crippen LogP contribution in [0.25, 0.3) is 0 Å². The van der Waals surface area contributed by atoms with Gasteiger partial charge in [0, 0.05) is 17.7 Å². The third-order valence-electron chi connectivity index (χ3n) is 3.76. The number of fused-ring (bicyclic) bond motifs is 1. The zero-order valence-electron chi connectivity index (χ0n) is 11.7. The first-order chi connectivity index (χ1) is 9.27. The Labute approximate surface area is 119 Å². The fourth-order valence-electron chi connectivity index (χ4n) is 2.65. The van der Waals surface area contributed by atoms with Gasteiger partial charge in [0.1, 0.15) is 11.4 Å². The van der Waals surface area contributed by atoms with Crippen LogP contribution in [-0.4, -0.2) is 19.3 Å². The number of sulfonamides is 1. The van der Waals surface area contributed by atoms with Gasteiger partial charge in [0.2, 0.25) is 10.0 Å². The molecule has 1 atom stereocenters. The summed E-state index contributed by atoms with van der Waals surface area (Å²) in [6, 6.07) is 5.10. The molecule has 0 radical (unpaired) electrons. The number of nitrogens with one attached hydrogen (secondary N) is 1. The second-order valence-corrected chi connectivity index (χ2v) is 8.27. The first-order valence-corrected chi connectivity index (χ1v) is 8.41. The maximum absolute atomic E-state index is 12.2. The Kier molecular flexibility index (Phi) is 2.99. The molecule has 3 N–H and O–H groups in total. The summed E-state index contributed by atoms with van der Waals surface area (Å²) in [6.45, 7) is 3.93. The SMILES string of the molecule is CC1(C)CC(NS(=O)(=O)C2CC2)c2cc(N)ccc2O1. The van der Waals surface area contributed by atoms with Crippen molar-refractivity contribution in [2.24, 2.45) is 0 Å². The van der Waals surface area contributed by atoms with Gasteiger partial charge in [-0.3, -0.25) is 0 Å². The lowest BCUT2D eigenvalue weighted by molar-refractivity contribution is 0.0702. The molecule has 0 aromatic heterocycles. The second kappa shape index (κ2) is 4.36. The molecular weight excluding hydrogens is 276 g/mol. The van der Waals surface area contributed by atoms with Gasteiger partial charge in [-0.2, -0.15) is 0 Å². The predicted octanol–water partition coefficient (Wildman–Crippen LogP) is 1.95. The van der Waals surface area contributed by atoms with E-state index >= 15 is 0 Å². The quantitative estimate of drug-likeness (QED) is 0.835. The number of hydrogen-bond donors (Lipinski definition) is 2. The summed E-state index contributed by atoms with van der Waals surface area (Å²) in [6.07, 6.45) is 2.10. The van der Waals surface area contributed by atoms with Crippen LogP contribution in [0.2, 0.25) is 0 Å². The van der Waals surface area contributed by atoms with Gasteiger partial charge in [-0.05, 0) is 44.9 Å². The number of nitrogens with two attached hydrogens (primary N) is 1. The number of anilines is 1. The summed E-state index contributed by atoms with van der Waals surface area (Å²) in [4.78, 5) is 0. The fourth-order valence-corrected chi connectivity index (χ4v) is 4.21. The molecule has 1 aliphatic heterocycles. The van der Waals surface area contributed by atoms with Gasteiger partial charge < -0.3 is 10.5 Å². The number of benzene rings is 1. The average molecular weight is 296 g/mol. The highest BCUT2D eigenvalue weighted by Crippen LogP contribution is 2.41. The van der Waals surface area contributed by atoms with Gasteiger partial charge in [0.15, 0.2) is 0 Å². The minimum absolute atomic E-state index is 0.224. The second-order valence-electron chi connectivity index (χ2n) is 6.28. The van der Waals surface area contributed by atoms with E-state index in [9.17, 15) is 8.42 Å². The first kappa shape index (κ1) is 13.7. The third-order valence-corrected chi connectivity index (χ3v) is 5.72. The van der Waals surface area contributed by atoms with E-state index in [1.807, 2.05) is 19.9 Å². The molecule has 2 aliphatic rings. The first-order valence-electron chi connectivity index (χ1n) is 6.86. The van der Waals surface area contributed by atoms with Crippen LogP contribution >= 0.6 is 0 Å². The van der Waals surface area contributed by atoms with E-state index in [4.69, 9.17) is 10.5 Å². The Morgan fingerprint density at radius 1 is 1.35 bits per heavy atom. The lowest BCUT2D eigenvalue weighted by atomic mass is 9.90. The molecule has 1 aromatic rings. The third kappa shape index (κ3) is 2.62. The van der Waals surface area contributed by atoms with E-state index in [-0.39, 0.29) is 11.3 Å². The molecule has 110 valence electrons. The molecule has 1 aromatic carbocycles. The van der Waals surface area contributed by atoms with Gasteiger partial charge in [-0.25, -0.2) is 13.1 Å². The highest BCUT2D eigenvalue weighted by molar-refractivity contribution is 7.90. The molecule has 6 heteroatoms. The minimum Gasteiger partial charge on any atom is -0.487 e. The highest BCUT2D eigenvalue weighted by Gasteiger charge is 2.41. The molecule has 1 unspecified atom stereocenters. The summed E-state index contributed by atoms with van der Waals surface area (Å²) < 4.78 is 33.1. The molecule has 0 spiro atoms. The molecule has 1 heterocycles. The van der Waals surface area contributed by atoms with E-state index in [1.165, 1.54) is 0 Å². The molecule has 0 bridgehead atoms. The number of nitrogen functional groups attached to an aromatic ring is 1. The fraction of sp³-hybridized carbons (Fsp3) is 0.571. The van der Waals surface area contributed by atoms with Gasteiger partial charge in [0.25, 0.3) is 0 Å². The Bertz CT molecular complexity index is 636. The smallest absolute Gasteiger partial charge is 0.215 e. The van der Waals surface area contributed by atoms with Crippen molar-refractivity contribution < 1.29 is 13.2 Å². The molecule has 1 fully saturated rings. The van der Waals surface area contributed by atoms with Crippen LogP contribution in [0.4, 0.5) is 5.69 Å². The van der Waals surface area contributed by atoms with E-state index in [0.717, 1.165) is 18.4 Å². The van der Waals surface area contributed by atoms with E-state index in [1.54, 1.807) is 12.1 Å². The lowest BCUT2D eigenvalue weighted by Crippen LogP contribution is -2.42. The Hall–Kier alpha value is -1.27. The van der Waals surface area contributed by atoms with Crippen molar-refractivity contribution in [1.29, 1.82) is 0 Å². The molecule has 5 nitrogen and oxygen atoms in total. The van der Waals surface area contributed by atoms with Crippen molar-refractivity contribution in [3.63, 3.8) is 0 Å². The maximum Gasteiger partial charge on any atom is 0.215 e. The van der Waals surface area contributed by atoms with Crippen LogP contribution in [0.1, 0.15) is 44.7 Å². The summed E-state index contributed by atoms with van der Waals surface area (Å²) in [5.41, 5.74) is 6.85. The van der Waals surface area contributed by atoms with Gasteiger partial charge in [-0.1, -0.05) is 0 Å². The number of ether oxygens (including phenoxy) is 1. The summed E-state index contributed by atoms with van der Waals surface area (Å²) >= 11 is 0. The molecule has 20 heavy (non-hydrogen) atoms. The van der Waals surface area contributed by atoms with Crippen LogP contribution in [0.5, 0.6) is 5.75 Å². The lowest BCUT2D eigenvalue weighted by Gasteiger charge is -2.37. The van der Waals surface area contributed by atoms with Crippen LogP contribution < -0.4 is 15.2 Å². The largest absolute Gasteiger partial charge is 0.487 e. The monoisotopic (exact) mass is 296 g/mol. The highest BCUT2D eigenvalue weighted by atomic mass is 32.2. The molecule has 1 aliphatic carbocycles. The topological polar surface area (TPSA) is 81.4 Å². The Balaban J connectivity index is 1.96. The van der Waals surface area contributed by atoms with Crippen LogP contribution in [0, 0.1) is 0 Å². The van der Waals surface area contributed by atoms with Crippen molar-refractivity contribution in [3.05, 3.63) is 23.8 Å². The molecule has 1 saturated carbocycles. The van der Waals surface area contributed by atoms with Gasteiger partial charge in [0.05, 0.1) is 11.3 Å². The number of rotatable bonds is 3. The zero-order valence-corrected chi connectivity index (χ0v) is 12.5. The Morgan fingerprint density at radius 2 is 2.05 bits per heavy atom. The van der Waals surface area contributed by atoms with Crippen molar-refractivity contribution in [3.8, 4) is 5.75 Å². The molecule has 3 rings (SSSR count). The van der Waals surface area contributed by atoms with E-state index < -0.39 is 15.6 Å². The summed E-state index contributed by atoms with van der Waals surface area (Å²) in [5.74, 6) is 0.707. The van der Waals surface area contributed by atoms with Crippen molar-refractivity contribution >= 4 is 15.7 Å². The molecule has 0 amide bonds. The van der Waals surface area contributed by atoms with E-state index in [0.29, 0.717) is 17.9 Å². The van der Waals surface area contributed by atoms with Crippen LogP contribution in [0.15, 0.2) is 18.2 Å². The predicted molar refractivity (Wildman–Crippen MR) is 78.0 cm³/mol. The van der Waals surface area contributed by atoms with Crippen molar-refractivity contribution in [1.82, 2.24) is 4.72 Å². The minimum atomic E-state index is -3.24. The standard InChI is InChI=1S/C14H20N2O3S/c1-14(2)8-12(16-20(17,18)10-4-5-10)11-7-9(15)3-6-13(11)19-14/h3,6-7,10,12,16H,4-5,8,15H2,1-2H3. The van der Waals surface area contributed by atoms with Gasteiger partial charge >= 0.3 is 0 Å². The van der Waals surface area contributed by atoms with Crippen molar-refractivity contribution in [2.45, 2.75) is 50.0 Å². The summed E-state index contributed by atoms with van der Waals surface area (Å²) in [7, 11) is -3.24. The van der Waals surface area contributed by atoms with Crippen molar-refractivity contribution in [2.75, 3.05) is 5.73 Å². The number of hydrogen-bond acceptors (Lipinski definition) is 4. The molecular formula is C14H20N2O3S.